The number of fused-ring (bicyclic) bond motifs is 1. The summed E-state index contributed by atoms with van der Waals surface area (Å²) in [4.78, 5) is 20.2. The molecule has 3 aromatic heterocycles. The Hall–Kier alpha value is -2.30. The van der Waals surface area contributed by atoms with Crippen LogP contribution in [0.3, 0.4) is 0 Å². The van der Waals surface area contributed by atoms with Crippen LogP contribution in [0.5, 0.6) is 0 Å². The van der Waals surface area contributed by atoms with Crippen molar-refractivity contribution in [1.82, 2.24) is 25.1 Å². The highest BCUT2D eigenvalue weighted by Crippen LogP contribution is 2.35. The first-order valence-corrected chi connectivity index (χ1v) is 10.4. The number of thiazole rings is 1. The smallest absolute Gasteiger partial charge is 0.229 e. The second-order valence-corrected chi connectivity index (χ2v) is 8.20. The predicted molar refractivity (Wildman–Crippen MR) is 108 cm³/mol. The van der Waals surface area contributed by atoms with Gasteiger partial charge >= 0.3 is 0 Å². The monoisotopic (exact) mass is 401 g/mol. The van der Waals surface area contributed by atoms with Crippen molar-refractivity contribution in [2.75, 3.05) is 49.3 Å². The molecule has 0 aromatic carbocycles. The number of rotatable bonds is 3. The molecule has 0 spiro atoms. The summed E-state index contributed by atoms with van der Waals surface area (Å²) < 4.78 is 11.2. The first-order valence-electron chi connectivity index (χ1n) is 9.58. The minimum atomic E-state index is 0.235. The van der Waals surface area contributed by atoms with E-state index in [0.717, 1.165) is 45.9 Å². The van der Waals surface area contributed by atoms with E-state index in [1.165, 1.54) is 0 Å². The first kappa shape index (κ1) is 17.8. The lowest BCUT2D eigenvalue weighted by Gasteiger charge is -2.36. The van der Waals surface area contributed by atoms with Gasteiger partial charge < -0.3 is 19.3 Å². The summed E-state index contributed by atoms with van der Waals surface area (Å²) in [6, 6.07) is 2.40. The van der Waals surface area contributed by atoms with Crippen LogP contribution in [0.2, 0.25) is 0 Å². The van der Waals surface area contributed by atoms with Gasteiger partial charge in [-0.15, -0.1) is 0 Å². The molecular formula is C18H23N7O2S. The van der Waals surface area contributed by atoms with Crippen LogP contribution >= 0.6 is 11.3 Å². The molecule has 2 saturated heterocycles. The predicted octanol–water partition coefficient (Wildman–Crippen LogP) is 1.93. The standard InChI is InChI=1S/C18H23N7O2S/c1-11-9-26-7-5-24(11)15-14-17(28-16(20-14)13-3-4-19-23-13)22-18(21-15)25-6-8-27-10-12(25)2/h3-4,11-12H,5-10H2,1-2H3,(H,19,23)/t11-,12+/m1/s1. The van der Waals surface area contributed by atoms with Gasteiger partial charge in [-0.05, 0) is 19.9 Å². The normalized spacial score (nSPS) is 23.5. The van der Waals surface area contributed by atoms with Crippen LogP contribution in [-0.4, -0.2) is 76.8 Å². The number of nitrogens with one attached hydrogen (secondary N) is 1. The summed E-state index contributed by atoms with van der Waals surface area (Å²) in [5.74, 6) is 1.63. The third-order valence-corrected chi connectivity index (χ3v) is 6.21. The molecule has 28 heavy (non-hydrogen) atoms. The van der Waals surface area contributed by atoms with Gasteiger partial charge in [0.05, 0.1) is 44.2 Å². The van der Waals surface area contributed by atoms with Gasteiger partial charge in [-0.2, -0.15) is 15.1 Å². The highest BCUT2D eigenvalue weighted by Gasteiger charge is 2.28. The summed E-state index contributed by atoms with van der Waals surface area (Å²) in [6.45, 7) is 8.64. The lowest BCUT2D eigenvalue weighted by atomic mass is 10.2. The molecule has 2 aliphatic rings. The summed E-state index contributed by atoms with van der Waals surface area (Å²) in [5, 5.41) is 7.92. The van der Waals surface area contributed by atoms with E-state index in [1.54, 1.807) is 17.5 Å². The Morgan fingerprint density at radius 2 is 1.79 bits per heavy atom. The Morgan fingerprint density at radius 1 is 1.04 bits per heavy atom. The van der Waals surface area contributed by atoms with Crippen LogP contribution in [0.15, 0.2) is 12.3 Å². The molecule has 2 fully saturated rings. The summed E-state index contributed by atoms with van der Waals surface area (Å²) in [7, 11) is 0. The van der Waals surface area contributed by atoms with Crippen molar-refractivity contribution in [2.24, 2.45) is 0 Å². The number of hydrogen-bond acceptors (Lipinski definition) is 9. The van der Waals surface area contributed by atoms with E-state index in [4.69, 9.17) is 24.4 Å². The maximum atomic E-state index is 5.63. The lowest BCUT2D eigenvalue weighted by molar-refractivity contribution is 0.0973. The number of ether oxygens (including phenoxy) is 2. The molecule has 10 heteroatoms. The molecule has 0 unspecified atom stereocenters. The SMILES string of the molecule is C[C@@H]1COCCN1c1nc(N2CCOC[C@@H]2C)nc2sc(-c3ccn[nH]3)nc12. The molecule has 0 amide bonds. The molecule has 5 heterocycles. The summed E-state index contributed by atoms with van der Waals surface area (Å²) in [6.07, 6.45) is 1.73. The van der Waals surface area contributed by atoms with Gasteiger partial charge in [-0.25, -0.2) is 4.98 Å². The number of H-pyrrole nitrogens is 1. The molecular weight excluding hydrogens is 378 g/mol. The maximum absolute atomic E-state index is 5.63. The Balaban J connectivity index is 1.65. The van der Waals surface area contributed by atoms with Crippen molar-refractivity contribution in [3.63, 3.8) is 0 Å². The third kappa shape index (κ3) is 3.11. The van der Waals surface area contributed by atoms with E-state index >= 15 is 0 Å². The highest BCUT2D eigenvalue weighted by atomic mass is 32.1. The van der Waals surface area contributed by atoms with Crippen LogP contribution in [-0.2, 0) is 9.47 Å². The fraction of sp³-hybridized carbons (Fsp3) is 0.556. The largest absolute Gasteiger partial charge is 0.377 e. The summed E-state index contributed by atoms with van der Waals surface area (Å²) >= 11 is 1.56. The molecule has 3 aromatic rings. The van der Waals surface area contributed by atoms with Gasteiger partial charge in [-0.1, -0.05) is 11.3 Å². The number of aromatic amines is 1. The van der Waals surface area contributed by atoms with Gasteiger partial charge in [0.1, 0.15) is 10.5 Å². The second-order valence-electron chi connectivity index (χ2n) is 7.22. The lowest BCUT2D eigenvalue weighted by Crippen LogP contribution is -2.46. The van der Waals surface area contributed by atoms with E-state index in [1.807, 2.05) is 6.07 Å². The number of hydrogen-bond donors (Lipinski definition) is 1. The van der Waals surface area contributed by atoms with E-state index in [2.05, 4.69) is 33.8 Å². The van der Waals surface area contributed by atoms with Crippen molar-refractivity contribution in [1.29, 1.82) is 0 Å². The Kier molecular flexibility index (Phi) is 4.61. The van der Waals surface area contributed by atoms with E-state index in [0.29, 0.717) is 26.4 Å². The Morgan fingerprint density at radius 3 is 2.46 bits per heavy atom. The van der Waals surface area contributed by atoms with E-state index in [9.17, 15) is 0 Å². The zero-order valence-corrected chi connectivity index (χ0v) is 16.8. The molecule has 9 nitrogen and oxygen atoms in total. The Labute approximate surface area is 166 Å². The maximum Gasteiger partial charge on any atom is 0.229 e. The number of morpholine rings is 2. The van der Waals surface area contributed by atoms with Crippen molar-refractivity contribution in [2.45, 2.75) is 25.9 Å². The fourth-order valence-corrected chi connectivity index (χ4v) is 4.59. The average molecular weight is 401 g/mol. The molecule has 2 atom stereocenters. The first-order chi connectivity index (χ1) is 13.7. The molecule has 5 rings (SSSR count). The number of anilines is 2. The van der Waals surface area contributed by atoms with Crippen molar-refractivity contribution >= 4 is 33.5 Å². The van der Waals surface area contributed by atoms with Crippen molar-refractivity contribution < 1.29 is 9.47 Å². The number of nitrogens with zero attached hydrogens (tertiary/aromatic N) is 6. The molecule has 0 aliphatic carbocycles. The van der Waals surface area contributed by atoms with E-state index < -0.39 is 0 Å². The van der Waals surface area contributed by atoms with Crippen LogP contribution in [0.1, 0.15) is 13.8 Å². The highest BCUT2D eigenvalue weighted by molar-refractivity contribution is 7.21. The van der Waals surface area contributed by atoms with Crippen LogP contribution in [0.25, 0.3) is 21.0 Å². The molecule has 1 N–H and O–H groups in total. The van der Waals surface area contributed by atoms with Crippen molar-refractivity contribution in [3.05, 3.63) is 12.3 Å². The number of aromatic nitrogens is 5. The quantitative estimate of drug-likeness (QED) is 0.712. The van der Waals surface area contributed by atoms with Gasteiger partial charge in [0.25, 0.3) is 0 Å². The minimum absolute atomic E-state index is 0.235. The fourth-order valence-electron chi connectivity index (χ4n) is 3.68. The molecule has 2 aliphatic heterocycles. The van der Waals surface area contributed by atoms with Gasteiger partial charge in [0.2, 0.25) is 5.95 Å². The summed E-state index contributed by atoms with van der Waals surface area (Å²) in [5.41, 5.74) is 1.73. The minimum Gasteiger partial charge on any atom is -0.377 e. The topological polar surface area (TPSA) is 92.3 Å². The van der Waals surface area contributed by atoms with Crippen molar-refractivity contribution in [3.8, 4) is 10.7 Å². The van der Waals surface area contributed by atoms with Gasteiger partial charge in [0.15, 0.2) is 10.6 Å². The zero-order valence-electron chi connectivity index (χ0n) is 16.0. The third-order valence-electron chi connectivity index (χ3n) is 5.22. The van der Waals surface area contributed by atoms with Gasteiger partial charge in [0, 0.05) is 19.3 Å². The second kappa shape index (κ2) is 7.26. The molecule has 148 valence electrons. The van der Waals surface area contributed by atoms with E-state index in [-0.39, 0.29) is 12.1 Å². The van der Waals surface area contributed by atoms with Gasteiger partial charge in [-0.3, -0.25) is 5.10 Å². The van der Waals surface area contributed by atoms with Crippen LogP contribution < -0.4 is 9.80 Å². The molecule has 0 saturated carbocycles. The molecule has 0 radical (unpaired) electrons. The van der Waals surface area contributed by atoms with Crippen LogP contribution in [0, 0.1) is 0 Å². The Bertz CT molecular complexity index is 960. The zero-order chi connectivity index (χ0) is 19.1. The van der Waals surface area contributed by atoms with Crippen LogP contribution in [0.4, 0.5) is 11.8 Å². The average Bonchev–Trinajstić information content (AvgIpc) is 3.37. The molecule has 0 bridgehead atoms.